The fourth-order valence-electron chi connectivity index (χ4n) is 2.11. The number of halogens is 1. The predicted octanol–water partition coefficient (Wildman–Crippen LogP) is 2.22. The number of rotatable bonds is 1. The second-order valence-corrected chi connectivity index (χ2v) is 6.24. The van der Waals surface area contributed by atoms with Crippen LogP contribution in [-0.2, 0) is 0 Å². The fraction of sp³-hybridized carbons (Fsp3) is 0.500. The SMILES string of the molecule is CN1C(=O)N(C)C(C)(C2=CC(Br)CC=C2)NC1=S. The van der Waals surface area contributed by atoms with Crippen LogP contribution in [0.1, 0.15) is 13.3 Å². The number of nitrogens with zero attached hydrogens (tertiary/aromatic N) is 2. The lowest BCUT2D eigenvalue weighted by atomic mass is 9.93. The van der Waals surface area contributed by atoms with Crippen LogP contribution >= 0.6 is 28.1 Å². The number of amides is 2. The monoisotopic (exact) mass is 329 g/mol. The molecule has 2 amide bonds. The van der Waals surface area contributed by atoms with E-state index in [0.29, 0.717) is 9.94 Å². The van der Waals surface area contributed by atoms with Gasteiger partial charge in [-0.05, 0) is 31.1 Å². The maximum absolute atomic E-state index is 12.1. The maximum atomic E-state index is 12.1. The van der Waals surface area contributed by atoms with Crippen LogP contribution in [-0.4, -0.2) is 45.5 Å². The lowest BCUT2D eigenvalue weighted by Gasteiger charge is -2.48. The number of alkyl halides is 1. The molecule has 4 nitrogen and oxygen atoms in total. The minimum atomic E-state index is -0.594. The van der Waals surface area contributed by atoms with Gasteiger partial charge in [-0.1, -0.05) is 34.2 Å². The number of nitrogens with one attached hydrogen (secondary N) is 1. The molecule has 2 unspecified atom stereocenters. The molecule has 1 heterocycles. The Morgan fingerprint density at radius 3 is 2.83 bits per heavy atom. The van der Waals surface area contributed by atoms with Gasteiger partial charge in [-0.2, -0.15) is 0 Å². The van der Waals surface area contributed by atoms with E-state index in [1.807, 2.05) is 13.0 Å². The van der Waals surface area contributed by atoms with E-state index in [1.165, 1.54) is 4.90 Å². The Bertz CT molecular complexity index is 462. The van der Waals surface area contributed by atoms with Crippen LogP contribution in [0.3, 0.4) is 0 Å². The van der Waals surface area contributed by atoms with Crippen molar-refractivity contribution in [3.05, 3.63) is 23.8 Å². The summed E-state index contributed by atoms with van der Waals surface area (Å²) < 4.78 is 0. The van der Waals surface area contributed by atoms with E-state index in [0.717, 1.165) is 12.0 Å². The topological polar surface area (TPSA) is 35.6 Å². The summed E-state index contributed by atoms with van der Waals surface area (Å²) >= 11 is 8.79. The van der Waals surface area contributed by atoms with E-state index in [4.69, 9.17) is 12.2 Å². The molecule has 1 fully saturated rings. The number of carbonyl (C=O) groups excluding carboxylic acids is 1. The van der Waals surface area contributed by atoms with Crippen molar-refractivity contribution in [2.75, 3.05) is 14.1 Å². The van der Waals surface area contributed by atoms with Gasteiger partial charge in [0.25, 0.3) is 0 Å². The molecule has 18 heavy (non-hydrogen) atoms. The van der Waals surface area contributed by atoms with Crippen molar-refractivity contribution >= 4 is 39.3 Å². The summed E-state index contributed by atoms with van der Waals surface area (Å²) in [6, 6.07) is -0.104. The maximum Gasteiger partial charge on any atom is 0.327 e. The Morgan fingerprint density at radius 2 is 2.22 bits per heavy atom. The van der Waals surface area contributed by atoms with Gasteiger partial charge in [0.15, 0.2) is 5.11 Å². The molecule has 1 aliphatic carbocycles. The number of likely N-dealkylation sites (N-methyl/N-ethyl adjacent to an activating group) is 1. The van der Waals surface area contributed by atoms with E-state index in [-0.39, 0.29) is 6.03 Å². The third kappa shape index (κ3) is 2.07. The standard InChI is InChI=1S/C12H16BrN3OS/c1-12(8-5-4-6-9(13)7-8)14-10(18)15(2)11(17)16(12)3/h4-5,7,9H,6H2,1-3H3,(H,14,18). The van der Waals surface area contributed by atoms with Gasteiger partial charge in [0, 0.05) is 18.9 Å². The number of urea groups is 1. The molecular weight excluding hydrogens is 314 g/mol. The fourth-order valence-corrected chi connectivity index (χ4v) is 2.89. The van der Waals surface area contributed by atoms with Crippen LogP contribution in [0.4, 0.5) is 4.79 Å². The van der Waals surface area contributed by atoms with Crippen molar-refractivity contribution in [1.82, 2.24) is 15.1 Å². The lowest BCUT2D eigenvalue weighted by Crippen LogP contribution is -2.69. The number of hydrogen-bond donors (Lipinski definition) is 1. The van der Waals surface area contributed by atoms with E-state index in [1.54, 1.807) is 19.0 Å². The van der Waals surface area contributed by atoms with Crippen molar-refractivity contribution in [2.45, 2.75) is 23.8 Å². The Kier molecular flexibility index (Phi) is 3.51. The Balaban J connectivity index is 2.38. The van der Waals surface area contributed by atoms with Gasteiger partial charge in [0.2, 0.25) is 0 Å². The van der Waals surface area contributed by atoms with Crippen LogP contribution in [0.25, 0.3) is 0 Å². The number of thiocarbonyl (C=S) groups is 1. The molecule has 0 aromatic rings. The minimum absolute atomic E-state index is 0.104. The van der Waals surface area contributed by atoms with Crippen LogP contribution < -0.4 is 5.32 Å². The third-order valence-corrected chi connectivity index (χ3v) is 4.49. The summed E-state index contributed by atoms with van der Waals surface area (Å²) in [7, 11) is 3.45. The first-order valence-corrected chi connectivity index (χ1v) is 7.05. The third-order valence-electron chi connectivity index (χ3n) is 3.48. The molecule has 98 valence electrons. The Hall–Kier alpha value is -0.880. The minimum Gasteiger partial charge on any atom is -0.336 e. The zero-order valence-corrected chi connectivity index (χ0v) is 13.0. The highest BCUT2D eigenvalue weighted by molar-refractivity contribution is 9.09. The smallest absolute Gasteiger partial charge is 0.327 e. The van der Waals surface area contributed by atoms with Gasteiger partial charge in [-0.25, -0.2) is 4.79 Å². The van der Waals surface area contributed by atoms with Gasteiger partial charge >= 0.3 is 6.03 Å². The molecule has 2 aliphatic rings. The zero-order valence-electron chi connectivity index (χ0n) is 10.6. The highest BCUT2D eigenvalue weighted by Gasteiger charge is 2.43. The second-order valence-electron chi connectivity index (χ2n) is 4.68. The van der Waals surface area contributed by atoms with E-state index in [9.17, 15) is 4.79 Å². The molecule has 1 N–H and O–H groups in total. The number of carbonyl (C=O) groups is 1. The predicted molar refractivity (Wildman–Crippen MR) is 79.6 cm³/mol. The molecule has 0 aromatic carbocycles. The van der Waals surface area contributed by atoms with Crippen LogP contribution in [0.15, 0.2) is 23.8 Å². The summed E-state index contributed by atoms with van der Waals surface area (Å²) in [6.07, 6.45) is 7.22. The molecule has 2 atom stereocenters. The average Bonchev–Trinajstić information content (AvgIpc) is 2.34. The van der Waals surface area contributed by atoms with Crippen molar-refractivity contribution in [2.24, 2.45) is 0 Å². The summed E-state index contributed by atoms with van der Waals surface area (Å²) in [5.74, 6) is 0. The molecule has 0 spiro atoms. The molecule has 6 heteroatoms. The Labute approximate surface area is 121 Å². The van der Waals surface area contributed by atoms with Crippen molar-refractivity contribution < 1.29 is 4.79 Å². The normalized spacial score (nSPS) is 32.4. The van der Waals surface area contributed by atoms with Gasteiger partial charge in [0.1, 0.15) is 5.66 Å². The first-order valence-electron chi connectivity index (χ1n) is 5.73. The molecule has 1 saturated heterocycles. The van der Waals surface area contributed by atoms with E-state index < -0.39 is 5.66 Å². The molecule has 0 bridgehead atoms. The van der Waals surface area contributed by atoms with Crippen LogP contribution in [0.2, 0.25) is 0 Å². The highest BCUT2D eigenvalue weighted by atomic mass is 79.9. The van der Waals surface area contributed by atoms with Crippen molar-refractivity contribution in [3.63, 3.8) is 0 Å². The van der Waals surface area contributed by atoms with Crippen molar-refractivity contribution in [1.29, 1.82) is 0 Å². The molecule has 0 radical (unpaired) electrons. The Morgan fingerprint density at radius 1 is 1.56 bits per heavy atom. The summed E-state index contributed by atoms with van der Waals surface area (Å²) in [6.45, 7) is 1.96. The van der Waals surface area contributed by atoms with Gasteiger partial charge in [-0.15, -0.1) is 0 Å². The molecule has 0 saturated carbocycles. The molecule has 1 aliphatic heterocycles. The lowest BCUT2D eigenvalue weighted by molar-refractivity contribution is 0.125. The van der Waals surface area contributed by atoms with Gasteiger partial charge in [-0.3, -0.25) is 4.90 Å². The van der Waals surface area contributed by atoms with Crippen LogP contribution in [0, 0.1) is 0 Å². The van der Waals surface area contributed by atoms with Crippen LogP contribution in [0.5, 0.6) is 0 Å². The van der Waals surface area contributed by atoms with E-state index >= 15 is 0 Å². The molecule has 2 rings (SSSR count). The second kappa shape index (κ2) is 4.66. The number of allylic oxidation sites excluding steroid dienone is 2. The first-order chi connectivity index (χ1) is 8.36. The largest absolute Gasteiger partial charge is 0.336 e. The molecule has 0 aromatic heterocycles. The summed E-state index contributed by atoms with van der Waals surface area (Å²) in [5.41, 5.74) is 0.450. The summed E-state index contributed by atoms with van der Waals surface area (Å²) in [5, 5.41) is 3.69. The first kappa shape index (κ1) is 13.5. The van der Waals surface area contributed by atoms with E-state index in [2.05, 4.69) is 33.4 Å². The van der Waals surface area contributed by atoms with Crippen molar-refractivity contribution in [3.8, 4) is 0 Å². The summed E-state index contributed by atoms with van der Waals surface area (Å²) in [4.78, 5) is 15.5. The quantitative estimate of drug-likeness (QED) is 0.592. The van der Waals surface area contributed by atoms with Gasteiger partial charge < -0.3 is 10.2 Å². The molecular formula is C12H16BrN3OS. The highest BCUT2D eigenvalue weighted by Crippen LogP contribution is 2.30. The van der Waals surface area contributed by atoms with Gasteiger partial charge in [0.05, 0.1) is 0 Å². The number of hydrogen-bond acceptors (Lipinski definition) is 2. The average molecular weight is 330 g/mol. The zero-order chi connectivity index (χ0) is 13.5.